The quantitative estimate of drug-likeness (QED) is 0.619. The number of nitrogens with one attached hydrogen (secondary N) is 1. The predicted molar refractivity (Wildman–Crippen MR) is 66.9 cm³/mol. The number of carbonyl (C=O) groups excluding carboxylic acids is 2. The number of hydrazine groups is 1. The van der Waals surface area contributed by atoms with E-state index in [2.05, 4.69) is 5.32 Å². The molecule has 0 aromatic rings. The van der Waals surface area contributed by atoms with Crippen molar-refractivity contribution in [3.8, 4) is 0 Å². The van der Waals surface area contributed by atoms with Crippen LogP contribution in [0.2, 0.25) is 0 Å². The van der Waals surface area contributed by atoms with E-state index in [-0.39, 0.29) is 23.3 Å². The summed E-state index contributed by atoms with van der Waals surface area (Å²) in [7, 11) is 1.83. The second kappa shape index (κ2) is 7.22. The number of hydrogen-bond acceptors (Lipinski definition) is 5. The van der Waals surface area contributed by atoms with Crippen LogP contribution < -0.4 is 5.32 Å². The molecule has 1 aliphatic heterocycles. The fraction of sp³-hybridized carbons (Fsp3) is 0.700. The first-order chi connectivity index (χ1) is 8.50. The van der Waals surface area contributed by atoms with E-state index in [1.54, 1.807) is 5.01 Å². The van der Waals surface area contributed by atoms with Crippen LogP contribution in [0.5, 0.6) is 0 Å². The van der Waals surface area contributed by atoms with Gasteiger partial charge in [0.2, 0.25) is 11.8 Å². The number of aliphatic carboxylic acids is 1. The Kier molecular flexibility index (Phi) is 5.93. The van der Waals surface area contributed by atoms with E-state index in [9.17, 15) is 14.4 Å². The summed E-state index contributed by atoms with van der Waals surface area (Å²) in [5.41, 5.74) is 0. The molecule has 1 fully saturated rings. The van der Waals surface area contributed by atoms with Gasteiger partial charge in [-0.15, -0.1) is 11.8 Å². The Hall–Kier alpha value is -1.28. The highest BCUT2D eigenvalue weighted by molar-refractivity contribution is 8.00. The number of hydrogen-bond donors (Lipinski definition) is 2. The standard InChI is InChI=1S/C10H17N3O4S/c1-12-4-2-9(15)13(12)5-3-11-8(14)6-18-7-10(16)17/h2-7H2,1H3,(H,11,14)(H,16,17). The zero-order valence-electron chi connectivity index (χ0n) is 10.2. The Labute approximate surface area is 109 Å². The molecule has 18 heavy (non-hydrogen) atoms. The summed E-state index contributed by atoms with van der Waals surface area (Å²) in [5.74, 6) is -1.05. The second-order valence-corrected chi connectivity index (χ2v) is 4.87. The molecule has 7 nitrogen and oxygen atoms in total. The van der Waals surface area contributed by atoms with Crippen molar-refractivity contribution in [1.82, 2.24) is 15.3 Å². The van der Waals surface area contributed by atoms with Crippen LogP contribution in [0, 0.1) is 0 Å². The SMILES string of the molecule is CN1CCC(=O)N1CCNC(=O)CSCC(=O)O. The van der Waals surface area contributed by atoms with Crippen LogP contribution in [0.4, 0.5) is 0 Å². The molecule has 0 aromatic carbocycles. The fourth-order valence-electron chi connectivity index (χ4n) is 1.58. The zero-order valence-corrected chi connectivity index (χ0v) is 11.0. The Morgan fingerprint density at radius 2 is 2.17 bits per heavy atom. The molecule has 1 heterocycles. The lowest BCUT2D eigenvalue weighted by Crippen LogP contribution is -2.42. The van der Waals surface area contributed by atoms with Crippen molar-refractivity contribution in [3.63, 3.8) is 0 Å². The molecule has 0 bridgehead atoms. The first-order valence-electron chi connectivity index (χ1n) is 5.58. The lowest BCUT2D eigenvalue weighted by Gasteiger charge is -2.23. The van der Waals surface area contributed by atoms with E-state index < -0.39 is 5.97 Å². The maximum absolute atomic E-state index is 11.4. The van der Waals surface area contributed by atoms with Gasteiger partial charge in [-0.2, -0.15) is 0 Å². The molecule has 0 radical (unpaired) electrons. The van der Waals surface area contributed by atoms with Gasteiger partial charge in [0, 0.05) is 26.6 Å². The zero-order chi connectivity index (χ0) is 13.5. The van der Waals surface area contributed by atoms with Gasteiger partial charge in [0.15, 0.2) is 0 Å². The Morgan fingerprint density at radius 3 is 2.72 bits per heavy atom. The number of nitrogens with zero attached hydrogens (tertiary/aromatic N) is 2. The monoisotopic (exact) mass is 275 g/mol. The molecule has 2 amide bonds. The van der Waals surface area contributed by atoms with Gasteiger partial charge in [-0.1, -0.05) is 0 Å². The van der Waals surface area contributed by atoms with Crippen LogP contribution in [-0.4, -0.2) is 71.1 Å². The van der Waals surface area contributed by atoms with Crippen LogP contribution in [0.15, 0.2) is 0 Å². The molecule has 1 rings (SSSR count). The van der Waals surface area contributed by atoms with Gasteiger partial charge in [-0.05, 0) is 0 Å². The molecule has 0 unspecified atom stereocenters. The van der Waals surface area contributed by atoms with Gasteiger partial charge in [-0.3, -0.25) is 19.4 Å². The molecule has 1 aliphatic rings. The third kappa shape index (κ3) is 4.92. The fourth-order valence-corrected chi connectivity index (χ4v) is 2.14. The van der Waals surface area contributed by atoms with Crippen LogP contribution >= 0.6 is 11.8 Å². The van der Waals surface area contributed by atoms with Crippen molar-refractivity contribution in [2.75, 3.05) is 38.2 Å². The van der Waals surface area contributed by atoms with Gasteiger partial charge >= 0.3 is 5.97 Å². The summed E-state index contributed by atoms with van der Waals surface area (Å²) in [4.78, 5) is 33.0. The Bertz CT molecular complexity index is 337. The maximum Gasteiger partial charge on any atom is 0.313 e. The largest absolute Gasteiger partial charge is 0.481 e. The van der Waals surface area contributed by atoms with Crippen LogP contribution in [0.25, 0.3) is 0 Å². The molecular formula is C10H17N3O4S. The summed E-state index contributed by atoms with van der Waals surface area (Å²) < 4.78 is 0. The lowest BCUT2D eigenvalue weighted by atomic mass is 10.4. The lowest BCUT2D eigenvalue weighted by molar-refractivity contribution is -0.137. The highest BCUT2D eigenvalue weighted by Crippen LogP contribution is 2.07. The first-order valence-corrected chi connectivity index (χ1v) is 6.74. The average Bonchev–Trinajstić information content (AvgIpc) is 2.60. The predicted octanol–water partition coefficient (Wildman–Crippen LogP) is -1.00. The minimum atomic E-state index is -0.933. The van der Waals surface area contributed by atoms with Gasteiger partial charge in [0.1, 0.15) is 0 Å². The molecule has 0 aliphatic carbocycles. The molecule has 0 atom stereocenters. The summed E-state index contributed by atoms with van der Waals surface area (Å²) in [5, 5.41) is 14.5. The molecule has 102 valence electrons. The summed E-state index contributed by atoms with van der Waals surface area (Å²) in [6.07, 6.45) is 0.513. The molecule has 0 saturated carbocycles. The van der Waals surface area contributed by atoms with Gasteiger partial charge < -0.3 is 10.4 Å². The van der Waals surface area contributed by atoms with Crippen molar-refractivity contribution >= 4 is 29.5 Å². The molecule has 1 saturated heterocycles. The molecule has 2 N–H and O–H groups in total. The number of carbonyl (C=O) groups is 3. The Morgan fingerprint density at radius 1 is 1.44 bits per heavy atom. The van der Waals surface area contributed by atoms with Crippen molar-refractivity contribution in [2.24, 2.45) is 0 Å². The van der Waals surface area contributed by atoms with Crippen LogP contribution in [0.3, 0.4) is 0 Å². The van der Waals surface area contributed by atoms with Gasteiger partial charge in [-0.25, -0.2) is 5.01 Å². The minimum absolute atomic E-state index is 0.0620. The number of carboxylic acid groups (broad SMARTS) is 1. The third-order valence-corrected chi connectivity index (χ3v) is 3.37. The number of carboxylic acids is 1. The van der Waals surface area contributed by atoms with E-state index >= 15 is 0 Å². The average molecular weight is 275 g/mol. The van der Waals surface area contributed by atoms with E-state index in [0.717, 1.165) is 11.8 Å². The number of thioether (sulfide) groups is 1. The topological polar surface area (TPSA) is 90.0 Å². The third-order valence-electron chi connectivity index (χ3n) is 2.45. The smallest absolute Gasteiger partial charge is 0.313 e. The molecule has 8 heteroatoms. The van der Waals surface area contributed by atoms with Gasteiger partial charge in [0.25, 0.3) is 0 Å². The summed E-state index contributed by atoms with van der Waals surface area (Å²) in [6, 6.07) is 0. The van der Waals surface area contributed by atoms with Crippen molar-refractivity contribution in [3.05, 3.63) is 0 Å². The summed E-state index contributed by atoms with van der Waals surface area (Å²) in [6.45, 7) is 1.54. The van der Waals surface area contributed by atoms with Crippen LogP contribution in [-0.2, 0) is 14.4 Å². The number of rotatable bonds is 7. The van der Waals surface area contributed by atoms with E-state index in [1.807, 2.05) is 12.1 Å². The Balaban J connectivity index is 2.11. The minimum Gasteiger partial charge on any atom is -0.481 e. The van der Waals surface area contributed by atoms with E-state index in [0.29, 0.717) is 26.1 Å². The highest BCUT2D eigenvalue weighted by Gasteiger charge is 2.24. The molecular weight excluding hydrogens is 258 g/mol. The van der Waals surface area contributed by atoms with Gasteiger partial charge in [0.05, 0.1) is 18.1 Å². The molecule has 0 aromatic heterocycles. The van der Waals surface area contributed by atoms with Crippen molar-refractivity contribution < 1.29 is 19.5 Å². The second-order valence-electron chi connectivity index (χ2n) is 3.88. The normalized spacial score (nSPS) is 16.1. The maximum atomic E-state index is 11.4. The van der Waals surface area contributed by atoms with Crippen molar-refractivity contribution in [1.29, 1.82) is 0 Å². The molecule has 0 spiro atoms. The van der Waals surface area contributed by atoms with E-state index in [1.165, 1.54) is 0 Å². The highest BCUT2D eigenvalue weighted by atomic mass is 32.2. The van der Waals surface area contributed by atoms with Crippen LogP contribution in [0.1, 0.15) is 6.42 Å². The summed E-state index contributed by atoms with van der Waals surface area (Å²) >= 11 is 1.05. The van der Waals surface area contributed by atoms with E-state index in [4.69, 9.17) is 5.11 Å². The number of amides is 2. The first kappa shape index (κ1) is 14.8. The van der Waals surface area contributed by atoms with Crippen molar-refractivity contribution in [2.45, 2.75) is 6.42 Å².